The fourth-order valence-corrected chi connectivity index (χ4v) is 3.34. The van der Waals surface area contributed by atoms with E-state index in [1.165, 1.54) is 0 Å². The Kier molecular flexibility index (Phi) is 5.40. The van der Waals surface area contributed by atoms with Crippen molar-refractivity contribution >= 4 is 6.09 Å². The second kappa shape index (κ2) is 6.71. The smallest absolute Gasteiger partial charge is 0.417 e. The maximum absolute atomic E-state index is 12.9. The monoisotopic (exact) mass is 352 g/mol. The number of nitrogens with zero attached hydrogens (tertiary/aromatic N) is 2. The van der Waals surface area contributed by atoms with E-state index in [1.807, 2.05) is 20.8 Å². The Labute approximate surface area is 140 Å². The van der Waals surface area contributed by atoms with Crippen molar-refractivity contribution in [3.05, 3.63) is 0 Å². The maximum Gasteiger partial charge on any atom is 0.417 e. The molecule has 5 nitrogen and oxygen atoms in total. The summed E-state index contributed by atoms with van der Waals surface area (Å²) in [4.78, 5) is 15.7. The number of aliphatic hydroxyl groups is 1. The van der Waals surface area contributed by atoms with Crippen LogP contribution in [0.2, 0.25) is 0 Å². The minimum absolute atomic E-state index is 0.162. The summed E-state index contributed by atoms with van der Waals surface area (Å²) in [5.41, 5.74) is -3.07. The van der Waals surface area contributed by atoms with E-state index < -0.39 is 17.4 Å². The summed E-state index contributed by atoms with van der Waals surface area (Å²) < 4.78 is 43.9. The number of carbonyl (C=O) groups excluding carboxylic acids is 1. The largest absolute Gasteiger partial charge is 0.444 e. The molecule has 1 aliphatic heterocycles. The van der Waals surface area contributed by atoms with Gasteiger partial charge in [0.1, 0.15) is 5.60 Å². The van der Waals surface area contributed by atoms with Gasteiger partial charge in [0.05, 0.1) is 0 Å². The van der Waals surface area contributed by atoms with Crippen molar-refractivity contribution in [2.45, 2.75) is 57.4 Å². The van der Waals surface area contributed by atoms with Crippen LogP contribution in [0.1, 0.15) is 40.0 Å². The molecular formula is C16H27F3N2O3. The van der Waals surface area contributed by atoms with Crippen LogP contribution < -0.4 is 0 Å². The number of carbonyl (C=O) groups is 1. The number of halogens is 3. The van der Waals surface area contributed by atoms with E-state index >= 15 is 0 Å². The Morgan fingerprint density at radius 3 is 2.25 bits per heavy atom. The molecule has 1 heterocycles. The second-order valence-electron chi connectivity index (χ2n) is 7.91. The molecule has 1 saturated carbocycles. The van der Waals surface area contributed by atoms with Gasteiger partial charge in [0, 0.05) is 32.7 Å². The van der Waals surface area contributed by atoms with Crippen LogP contribution in [-0.4, -0.2) is 71.1 Å². The van der Waals surface area contributed by atoms with E-state index in [0.717, 1.165) is 0 Å². The molecule has 0 spiro atoms. The van der Waals surface area contributed by atoms with E-state index in [-0.39, 0.29) is 24.9 Å². The van der Waals surface area contributed by atoms with Crippen molar-refractivity contribution in [1.29, 1.82) is 0 Å². The van der Waals surface area contributed by atoms with E-state index in [4.69, 9.17) is 4.74 Å². The summed E-state index contributed by atoms with van der Waals surface area (Å²) in [5.74, 6) is -0.162. The number of hydrogen-bond donors (Lipinski definition) is 1. The highest BCUT2D eigenvalue weighted by Gasteiger charge is 2.57. The molecule has 1 saturated heterocycles. The summed E-state index contributed by atoms with van der Waals surface area (Å²) in [6.07, 6.45) is -4.99. The quantitative estimate of drug-likeness (QED) is 0.830. The molecule has 2 aliphatic rings. The normalized spacial score (nSPS) is 29.8. The third-order valence-corrected chi connectivity index (χ3v) is 4.66. The fraction of sp³-hybridized carbons (Fsp3) is 0.938. The highest BCUT2D eigenvalue weighted by atomic mass is 19.4. The van der Waals surface area contributed by atoms with Crippen molar-refractivity contribution in [2.24, 2.45) is 5.92 Å². The van der Waals surface area contributed by atoms with Crippen LogP contribution in [0, 0.1) is 5.92 Å². The Morgan fingerprint density at radius 1 is 1.21 bits per heavy atom. The zero-order valence-corrected chi connectivity index (χ0v) is 14.5. The van der Waals surface area contributed by atoms with Crippen molar-refractivity contribution in [3.8, 4) is 0 Å². The van der Waals surface area contributed by atoms with Crippen LogP contribution in [0.3, 0.4) is 0 Å². The Balaban J connectivity index is 1.77. The molecule has 0 bridgehead atoms. The van der Waals surface area contributed by atoms with Gasteiger partial charge in [-0.3, -0.25) is 4.90 Å². The van der Waals surface area contributed by atoms with Gasteiger partial charge in [-0.05, 0) is 46.0 Å². The summed E-state index contributed by atoms with van der Waals surface area (Å²) in [6.45, 7) is 8.19. The lowest BCUT2D eigenvalue weighted by molar-refractivity contribution is -0.258. The summed E-state index contributed by atoms with van der Waals surface area (Å²) >= 11 is 0. The third kappa shape index (κ3) is 4.75. The molecule has 2 unspecified atom stereocenters. The SMILES string of the molecule is CC(C)(C)OC(=O)N1CCN(CC2CCC(O)(C(F)(F)F)C2)CC1. The van der Waals surface area contributed by atoms with Gasteiger partial charge in [0.15, 0.2) is 5.60 Å². The minimum Gasteiger partial charge on any atom is -0.444 e. The van der Waals surface area contributed by atoms with E-state index in [0.29, 0.717) is 39.1 Å². The first-order chi connectivity index (χ1) is 10.9. The average molecular weight is 352 g/mol. The number of amides is 1. The van der Waals surface area contributed by atoms with Gasteiger partial charge in [-0.15, -0.1) is 0 Å². The van der Waals surface area contributed by atoms with Gasteiger partial charge in [-0.1, -0.05) is 0 Å². The van der Waals surface area contributed by atoms with E-state index in [2.05, 4.69) is 4.90 Å². The topological polar surface area (TPSA) is 53.0 Å². The minimum atomic E-state index is -4.56. The molecule has 2 rings (SSSR count). The molecule has 1 aliphatic carbocycles. The van der Waals surface area contributed by atoms with Gasteiger partial charge < -0.3 is 14.7 Å². The van der Waals surface area contributed by atoms with Crippen molar-refractivity contribution in [3.63, 3.8) is 0 Å². The molecule has 0 aromatic heterocycles. The molecule has 140 valence electrons. The number of rotatable bonds is 2. The van der Waals surface area contributed by atoms with Gasteiger partial charge in [0.2, 0.25) is 0 Å². The Morgan fingerprint density at radius 2 is 1.79 bits per heavy atom. The first-order valence-corrected chi connectivity index (χ1v) is 8.39. The summed E-state index contributed by atoms with van der Waals surface area (Å²) in [7, 11) is 0. The van der Waals surface area contributed by atoms with Crippen molar-refractivity contribution in [1.82, 2.24) is 9.80 Å². The zero-order valence-electron chi connectivity index (χ0n) is 14.5. The first kappa shape index (κ1) is 19.3. The van der Waals surface area contributed by atoms with Crippen LogP contribution in [-0.2, 0) is 4.74 Å². The molecule has 1 amide bonds. The second-order valence-corrected chi connectivity index (χ2v) is 7.91. The average Bonchev–Trinajstić information content (AvgIpc) is 2.80. The van der Waals surface area contributed by atoms with Crippen LogP contribution in [0.25, 0.3) is 0 Å². The molecule has 0 aromatic rings. The van der Waals surface area contributed by atoms with Gasteiger partial charge in [-0.2, -0.15) is 13.2 Å². The molecule has 24 heavy (non-hydrogen) atoms. The fourth-order valence-electron chi connectivity index (χ4n) is 3.34. The number of ether oxygens (including phenoxy) is 1. The molecule has 2 atom stereocenters. The predicted octanol–water partition coefficient (Wildman–Crippen LogP) is 2.63. The summed E-state index contributed by atoms with van der Waals surface area (Å²) in [5, 5.41) is 9.74. The zero-order chi connectivity index (χ0) is 18.2. The number of alkyl halides is 3. The van der Waals surface area contributed by atoms with Crippen LogP contribution in [0.15, 0.2) is 0 Å². The number of piperazine rings is 1. The predicted molar refractivity (Wildman–Crippen MR) is 82.6 cm³/mol. The lowest BCUT2D eigenvalue weighted by Gasteiger charge is -2.36. The molecular weight excluding hydrogens is 325 g/mol. The van der Waals surface area contributed by atoms with Crippen molar-refractivity contribution < 1.29 is 27.8 Å². The third-order valence-electron chi connectivity index (χ3n) is 4.66. The standard InChI is InChI=1S/C16H27F3N2O3/c1-14(2,3)24-13(22)21-8-6-20(7-9-21)11-12-4-5-15(23,10-12)16(17,18)19/h12,23H,4-11H2,1-3H3. The molecule has 8 heteroatoms. The van der Waals surface area contributed by atoms with Crippen LogP contribution >= 0.6 is 0 Å². The Hall–Kier alpha value is -1.02. The molecule has 0 aromatic carbocycles. The van der Waals surface area contributed by atoms with Crippen molar-refractivity contribution in [2.75, 3.05) is 32.7 Å². The lowest BCUT2D eigenvalue weighted by Crippen LogP contribution is -2.51. The summed E-state index contributed by atoms with van der Waals surface area (Å²) in [6, 6.07) is 0. The van der Waals surface area contributed by atoms with E-state index in [9.17, 15) is 23.1 Å². The molecule has 1 N–H and O–H groups in total. The Bertz CT molecular complexity index is 456. The molecule has 0 radical (unpaired) electrons. The highest BCUT2D eigenvalue weighted by molar-refractivity contribution is 5.68. The van der Waals surface area contributed by atoms with Crippen LogP contribution in [0.4, 0.5) is 18.0 Å². The lowest BCUT2D eigenvalue weighted by atomic mass is 9.99. The molecule has 2 fully saturated rings. The van der Waals surface area contributed by atoms with Gasteiger partial charge in [-0.25, -0.2) is 4.79 Å². The number of hydrogen-bond acceptors (Lipinski definition) is 4. The van der Waals surface area contributed by atoms with E-state index in [1.54, 1.807) is 4.90 Å². The van der Waals surface area contributed by atoms with Gasteiger partial charge >= 0.3 is 12.3 Å². The van der Waals surface area contributed by atoms with Crippen LogP contribution in [0.5, 0.6) is 0 Å². The first-order valence-electron chi connectivity index (χ1n) is 8.39. The highest BCUT2D eigenvalue weighted by Crippen LogP contribution is 2.45. The van der Waals surface area contributed by atoms with Gasteiger partial charge in [0.25, 0.3) is 0 Å². The maximum atomic E-state index is 12.9.